The van der Waals surface area contributed by atoms with Crippen LogP contribution in [0.1, 0.15) is 5.56 Å². The van der Waals surface area contributed by atoms with E-state index in [0.29, 0.717) is 5.69 Å². The van der Waals surface area contributed by atoms with E-state index in [0.717, 1.165) is 11.6 Å². The highest BCUT2D eigenvalue weighted by molar-refractivity contribution is 7.93. The fraction of sp³-hybridized carbons (Fsp3) is 0.0769. The number of nitrogen functional groups attached to an aromatic ring is 1. The van der Waals surface area contributed by atoms with Crippen molar-refractivity contribution >= 4 is 31.4 Å². The monoisotopic (exact) mass is 341 g/mol. The average molecular weight is 341 g/mol. The smallest absolute Gasteiger partial charge is 0.261 e. The molecule has 2 aromatic rings. The standard InChI is InChI=1S/C13H15N3O4S2/c1-9-3-2-4-10(7-9)16-22(19,20)11-5-6-12(14)13(8-11)21(15,17)18/h2-8,16H,14H2,1H3,(H2,15,17,18). The highest BCUT2D eigenvalue weighted by Crippen LogP contribution is 2.23. The first kappa shape index (κ1) is 16.3. The fourth-order valence-corrected chi connectivity index (χ4v) is 3.69. The van der Waals surface area contributed by atoms with Gasteiger partial charge < -0.3 is 5.73 Å². The Bertz CT molecular complexity index is 922. The molecule has 0 aliphatic rings. The van der Waals surface area contributed by atoms with Crippen molar-refractivity contribution in [2.45, 2.75) is 16.7 Å². The molecule has 5 N–H and O–H groups in total. The van der Waals surface area contributed by atoms with E-state index in [4.69, 9.17) is 10.9 Å². The van der Waals surface area contributed by atoms with Gasteiger partial charge in [-0.3, -0.25) is 4.72 Å². The van der Waals surface area contributed by atoms with Gasteiger partial charge in [0.2, 0.25) is 10.0 Å². The maximum Gasteiger partial charge on any atom is 0.261 e. The van der Waals surface area contributed by atoms with E-state index >= 15 is 0 Å². The Kier molecular flexibility index (Phi) is 4.14. The number of rotatable bonds is 4. The molecule has 0 spiro atoms. The zero-order valence-corrected chi connectivity index (χ0v) is 13.3. The minimum atomic E-state index is -4.11. The molecule has 0 radical (unpaired) electrons. The minimum absolute atomic E-state index is 0.114. The van der Waals surface area contributed by atoms with Gasteiger partial charge in [-0.15, -0.1) is 0 Å². The normalized spacial score (nSPS) is 12.1. The molecule has 0 aliphatic carbocycles. The molecule has 0 atom stereocenters. The number of hydrogen-bond donors (Lipinski definition) is 3. The highest BCUT2D eigenvalue weighted by Gasteiger charge is 2.20. The van der Waals surface area contributed by atoms with Crippen LogP contribution in [0.25, 0.3) is 0 Å². The van der Waals surface area contributed by atoms with Crippen LogP contribution >= 0.6 is 0 Å². The summed E-state index contributed by atoms with van der Waals surface area (Å²) in [6, 6.07) is 10.1. The molecule has 0 aromatic heterocycles. The van der Waals surface area contributed by atoms with E-state index in [1.807, 2.05) is 13.0 Å². The van der Waals surface area contributed by atoms with Crippen molar-refractivity contribution in [3.63, 3.8) is 0 Å². The predicted molar refractivity (Wildman–Crippen MR) is 84.2 cm³/mol. The van der Waals surface area contributed by atoms with Gasteiger partial charge in [0.1, 0.15) is 4.90 Å². The Balaban J connectivity index is 2.46. The molecule has 9 heteroatoms. The molecular weight excluding hydrogens is 326 g/mol. The van der Waals surface area contributed by atoms with Crippen LogP contribution in [0.5, 0.6) is 0 Å². The summed E-state index contributed by atoms with van der Waals surface area (Å²) in [6.07, 6.45) is 0. The third kappa shape index (κ3) is 3.56. The molecule has 0 amide bonds. The van der Waals surface area contributed by atoms with Crippen molar-refractivity contribution in [2.75, 3.05) is 10.5 Å². The quantitative estimate of drug-likeness (QED) is 0.714. The van der Waals surface area contributed by atoms with Crippen molar-refractivity contribution in [1.29, 1.82) is 0 Å². The molecular formula is C13H15N3O4S2. The van der Waals surface area contributed by atoms with Gasteiger partial charge in [-0.1, -0.05) is 12.1 Å². The molecule has 0 saturated heterocycles. The first-order chi connectivity index (χ1) is 10.1. The summed E-state index contributed by atoms with van der Waals surface area (Å²) in [5, 5.41) is 5.02. The van der Waals surface area contributed by atoms with Gasteiger partial charge in [-0.05, 0) is 42.8 Å². The lowest BCUT2D eigenvalue weighted by Crippen LogP contribution is -2.17. The average Bonchev–Trinajstić information content (AvgIpc) is 2.36. The van der Waals surface area contributed by atoms with E-state index in [1.54, 1.807) is 18.2 Å². The van der Waals surface area contributed by atoms with E-state index in [2.05, 4.69) is 4.72 Å². The topological polar surface area (TPSA) is 132 Å². The van der Waals surface area contributed by atoms with Crippen LogP contribution in [0.4, 0.5) is 11.4 Å². The Labute approximate surface area is 129 Å². The second kappa shape index (κ2) is 5.59. The van der Waals surface area contributed by atoms with Crippen LogP contribution < -0.4 is 15.6 Å². The third-order valence-electron chi connectivity index (χ3n) is 2.87. The van der Waals surface area contributed by atoms with Crippen molar-refractivity contribution in [3.05, 3.63) is 48.0 Å². The van der Waals surface area contributed by atoms with Gasteiger partial charge in [-0.2, -0.15) is 0 Å². The van der Waals surface area contributed by atoms with Crippen molar-refractivity contribution < 1.29 is 16.8 Å². The van der Waals surface area contributed by atoms with Crippen LogP contribution in [-0.4, -0.2) is 16.8 Å². The van der Waals surface area contributed by atoms with E-state index in [9.17, 15) is 16.8 Å². The Morgan fingerprint density at radius 2 is 1.68 bits per heavy atom. The summed E-state index contributed by atoms with van der Waals surface area (Å²) in [5.74, 6) is 0. The number of sulfonamides is 2. The number of benzene rings is 2. The van der Waals surface area contributed by atoms with E-state index in [-0.39, 0.29) is 10.6 Å². The third-order valence-corrected chi connectivity index (χ3v) is 5.22. The maximum absolute atomic E-state index is 12.3. The summed E-state index contributed by atoms with van der Waals surface area (Å²) in [7, 11) is -8.07. The zero-order valence-electron chi connectivity index (χ0n) is 11.6. The predicted octanol–water partition coefficient (Wildman–Crippen LogP) is 1.03. The van der Waals surface area contributed by atoms with Gasteiger partial charge in [0.25, 0.3) is 10.0 Å². The molecule has 0 fully saturated rings. The van der Waals surface area contributed by atoms with Crippen LogP contribution in [0, 0.1) is 6.92 Å². The first-order valence-electron chi connectivity index (χ1n) is 6.11. The number of hydrogen-bond acceptors (Lipinski definition) is 5. The minimum Gasteiger partial charge on any atom is -0.398 e. The number of primary sulfonamides is 1. The Hall–Kier alpha value is -2.10. The first-order valence-corrected chi connectivity index (χ1v) is 9.14. The molecule has 0 aliphatic heterocycles. The molecule has 2 aromatic carbocycles. The summed E-state index contributed by atoms with van der Waals surface area (Å²) in [4.78, 5) is -0.674. The van der Waals surface area contributed by atoms with E-state index in [1.165, 1.54) is 12.1 Å². The highest BCUT2D eigenvalue weighted by atomic mass is 32.2. The summed E-state index contributed by atoms with van der Waals surface area (Å²) in [5.41, 5.74) is 6.65. The lowest BCUT2D eigenvalue weighted by molar-refractivity contribution is 0.597. The van der Waals surface area contributed by atoms with Gasteiger partial charge in [0.15, 0.2) is 0 Å². The van der Waals surface area contributed by atoms with Crippen molar-refractivity contribution in [3.8, 4) is 0 Å². The number of nitrogens with one attached hydrogen (secondary N) is 1. The molecule has 0 unspecified atom stereocenters. The summed E-state index contributed by atoms with van der Waals surface area (Å²) >= 11 is 0. The van der Waals surface area contributed by atoms with Crippen LogP contribution in [0.15, 0.2) is 52.3 Å². The van der Waals surface area contributed by atoms with Gasteiger partial charge >= 0.3 is 0 Å². The summed E-state index contributed by atoms with van der Waals surface area (Å²) < 4.78 is 49.8. The number of aryl methyl sites for hydroxylation is 1. The lowest BCUT2D eigenvalue weighted by atomic mass is 10.2. The zero-order chi connectivity index (χ0) is 16.5. The van der Waals surface area contributed by atoms with Crippen molar-refractivity contribution in [2.24, 2.45) is 5.14 Å². The van der Waals surface area contributed by atoms with Crippen LogP contribution in [0.3, 0.4) is 0 Å². The van der Waals surface area contributed by atoms with Crippen LogP contribution in [0.2, 0.25) is 0 Å². The molecule has 118 valence electrons. The molecule has 7 nitrogen and oxygen atoms in total. The summed E-state index contributed by atoms with van der Waals surface area (Å²) in [6.45, 7) is 1.82. The molecule has 0 heterocycles. The lowest BCUT2D eigenvalue weighted by Gasteiger charge is -2.10. The van der Waals surface area contributed by atoms with Gasteiger partial charge in [0.05, 0.1) is 10.6 Å². The Morgan fingerprint density at radius 1 is 1.00 bits per heavy atom. The number of anilines is 2. The molecule has 0 bridgehead atoms. The largest absolute Gasteiger partial charge is 0.398 e. The molecule has 2 rings (SSSR count). The second-order valence-corrected chi connectivity index (χ2v) is 7.93. The molecule has 0 saturated carbocycles. The van der Waals surface area contributed by atoms with Crippen LogP contribution in [-0.2, 0) is 20.0 Å². The maximum atomic E-state index is 12.3. The van der Waals surface area contributed by atoms with E-state index < -0.39 is 24.9 Å². The van der Waals surface area contributed by atoms with Crippen molar-refractivity contribution in [1.82, 2.24) is 0 Å². The second-order valence-electron chi connectivity index (χ2n) is 4.72. The van der Waals surface area contributed by atoms with Gasteiger partial charge in [-0.25, -0.2) is 22.0 Å². The number of nitrogens with two attached hydrogens (primary N) is 2. The SMILES string of the molecule is Cc1cccc(NS(=O)(=O)c2ccc(N)c(S(N)(=O)=O)c2)c1. The van der Waals surface area contributed by atoms with Gasteiger partial charge in [0, 0.05) is 5.69 Å². The fourth-order valence-electron chi connectivity index (χ4n) is 1.85. The molecule has 22 heavy (non-hydrogen) atoms. The Morgan fingerprint density at radius 3 is 2.27 bits per heavy atom.